The van der Waals surface area contributed by atoms with Crippen LogP contribution in [0.1, 0.15) is 35.2 Å². The van der Waals surface area contributed by atoms with E-state index in [-0.39, 0.29) is 17.7 Å². The van der Waals surface area contributed by atoms with Gasteiger partial charge in [0.2, 0.25) is 5.95 Å². The van der Waals surface area contributed by atoms with Gasteiger partial charge in [-0.25, -0.2) is 4.98 Å². The SMILES string of the molecule is O=C1CC(c2cccs2)CC2=C1C(c1cccc3ccccc13)n1c(nc3ccccc31)N2. The van der Waals surface area contributed by atoms with Gasteiger partial charge in [-0.1, -0.05) is 60.7 Å². The fourth-order valence-corrected chi connectivity index (χ4v) is 6.36. The minimum Gasteiger partial charge on any atom is -0.329 e. The molecule has 2 unspecified atom stereocenters. The molecular formula is C28H21N3OS. The van der Waals surface area contributed by atoms with Crippen LogP contribution in [0.15, 0.2) is 95.5 Å². The quantitative estimate of drug-likeness (QED) is 0.329. The Morgan fingerprint density at radius 3 is 2.67 bits per heavy atom. The van der Waals surface area contributed by atoms with Crippen LogP contribution in [0.2, 0.25) is 0 Å². The van der Waals surface area contributed by atoms with Gasteiger partial charge in [0.25, 0.3) is 0 Å². The molecule has 1 aliphatic heterocycles. The molecule has 7 rings (SSSR count). The molecule has 0 fully saturated rings. The van der Waals surface area contributed by atoms with Gasteiger partial charge in [0.15, 0.2) is 5.78 Å². The van der Waals surface area contributed by atoms with Gasteiger partial charge in [-0.2, -0.15) is 0 Å². The van der Waals surface area contributed by atoms with Crippen LogP contribution < -0.4 is 5.32 Å². The number of hydrogen-bond donors (Lipinski definition) is 1. The summed E-state index contributed by atoms with van der Waals surface area (Å²) in [6, 6.07) is 27.0. The topological polar surface area (TPSA) is 46.9 Å². The van der Waals surface area contributed by atoms with E-state index in [1.807, 2.05) is 18.2 Å². The van der Waals surface area contributed by atoms with E-state index in [1.54, 1.807) is 11.3 Å². The number of imidazole rings is 1. The molecule has 2 aliphatic rings. The van der Waals surface area contributed by atoms with E-state index in [4.69, 9.17) is 4.98 Å². The third-order valence-electron chi connectivity index (χ3n) is 6.96. The van der Waals surface area contributed by atoms with Gasteiger partial charge in [-0.15, -0.1) is 11.3 Å². The molecule has 0 radical (unpaired) electrons. The number of Topliss-reactive ketones (excluding diaryl/α,β-unsaturated/α-hetero) is 1. The van der Waals surface area contributed by atoms with E-state index in [1.165, 1.54) is 15.6 Å². The predicted molar refractivity (Wildman–Crippen MR) is 134 cm³/mol. The van der Waals surface area contributed by atoms with Crippen LogP contribution >= 0.6 is 11.3 Å². The average Bonchev–Trinajstić information content (AvgIpc) is 3.50. The van der Waals surface area contributed by atoms with Gasteiger partial charge >= 0.3 is 0 Å². The van der Waals surface area contributed by atoms with Gasteiger partial charge in [0, 0.05) is 28.5 Å². The molecule has 4 nitrogen and oxygen atoms in total. The monoisotopic (exact) mass is 447 g/mol. The molecule has 5 aromatic rings. The normalized spacial score (nSPS) is 20.1. The first kappa shape index (κ1) is 18.8. The van der Waals surface area contributed by atoms with Crippen molar-refractivity contribution in [3.8, 4) is 0 Å². The standard InChI is InChI=1S/C28H21N3OS/c32-24-16-18(25-13-6-14-33-25)15-22-26(24)27(20-10-5-8-17-7-1-2-9-19(17)20)31-23-12-4-3-11-21(23)29-28(31)30-22/h1-14,18,27H,15-16H2,(H,29,30). The van der Waals surface area contributed by atoms with Crippen molar-refractivity contribution in [2.24, 2.45) is 0 Å². The van der Waals surface area contributed by atoms with Crippen molar-refractivity contribution in [1.29, 1.82) is 0 Å². The van der Waals surface area contributed by atoms with Crippen molar-refractivity contribution >= 4 is 44.9 Å². The van der Waals surface area contributed by atoms with E-state index >= 15 is 0 Å². The molecule has 3 aromatic carbocycles. The van der Waals surface area contributed by atoms with Crippen LogP contribution in [-0.4, -0.2) is 15.3 Å². The fraction of sp³-hybridized carbons (Fsp3) is 0.143. The van der Waals surface area contributed by atoms with Crippen molar-refractivity contribution in [3.63, 3.8) is 0 Å². The lowest BCUT2D eigenvalue weighted by Gasteiger charge is -2.36. The number of carbonyl (C=O) groups is 1. The highest BCUT2D eigenvalue weighted by atomic mass is 32.1. The van der Waals surface area contributed by atoms with E-state index in [2.05, 4.69) is 75.9 Å². The van der Waals surface area contributed by atoms with Gasteiger partial charge in [-0.05, 0) is 46.3 Å². The summed E-state index contributed by atoms with van der Waals surface area (Å²) in [5.74, 6) is 1.25. The molecule has 0 spiro atoms. The zero-order valence-corrected chi connectivity index (χ0v) is 18.7. The maximum atomic E-state index is 13.8. The lowest BCUT2D eigenvalue weighted by molar-refractivity contribution is -0.116. The first-order chi connectivity index (χ1) is 16.3. The summed E-state index contributed by atoms with van der Waals surface area (Å²) in [7, 11) is 0. The molecular weight excluding hydrogens is 426 g/mol. The maximum Gasteiger partial charge on any atom is 0.209 e. The predicted octanol–water partition coefficient (Wildman–Crippen LogP) is 6.67. The molecule has 0 bridgehead atoms. The van der Waals surface area contributed by atoms with E-state index < -0.39 is 0 Å². The third kappa shape index (κ3) is 2.82. The van der Waals surface area contributed by atoms with Crippen molar-refractivity contribution < 1.29 is 4.79 Å². The van der Waals surface area contributed by atoms with Crippen molar-refractivity contribution in [3.05, 3.63) is 106 Å². The van der Waals surface area contributed by atoms with Crippen LogP contribution in [-0.2, 0) is 4.79 Å². The molecule has 160 valence electrons. The highest BCUT2D eigenvalue weighted by molar-refractivity contribution is 7.10. The van der Waals surface area contributed by atoms with Crippen LogP contribution in [0.4, 0.5) is 5.95 Å². The Morgan fingerprint density at radius 2 is 1.76 bits per heavy atom. The smallest absolute Gasteiger partial charge is 0.209 e. The maximum absolute atomic E-state index is 13.8. The molecule has 2 aromatic heterocycles. The lowest BCUT2D eigenvalue weighted by atomic mass is 9.79. The molecule has 0 saturated heterocycles. The number of benzene rings is 3. The number of rotatable bonds is 2. The van der Waals surface area contributed by atoms with Gasteiger partial charge in [0.1, 0.15) is 0 Å². The number of thiophene rings is 1. The second kappa shape index (κ2) is 7.15. The second-order valence-corrected chi connectivity index (χ2v) is 9.81. The Balaban J connectivity index is 1.49. The van der Waals surface area contributed by atoms with Crippen LogP contribution in [0, 0.1) is 0 Å². The number of ketones is 1. The highest BCUT2D eigenvalue weighted by Crippen LogP contribution is 2.47. The number of nitrogens with one attached hydrogen (secondary N) is 1. The summed E-state index contributed by atoms with van der Waals surface area (Å²) >= 11 is 1.74. The lowest BCUT2D eigenvalue weighted by Crippen LogP contribution is -2.33. The first-order valence-corrected chi connectivity index (χ1v) is 12.2. The Morgan fingerprint density at radius 1 is 0.909 bits per heavy atom. The molecule has 0 saturated carbocycles. The molecule has 1 N–H and O–H groups in total. The largest absolute Gasteiger partial charge is 0.329 e. The van der Waals surface area contributed by atoms with Crippen LogP contribution in [0.25, 0.3) is 21.8 Å². The Labute approximate surface area is 195 Å². The Kier molecular flexibility index (Phi) is 4.08. The molecule has 2 atom stereocenters. The summed E-state index contributed by atoms with van der Waals surface area (Å²) in [6.45, 7) is 0. The van der Waals surface area contributed by atoms with Crippen LogP contribution in [0.5, 0.6) is 0 Å². The third-order valence-corrected chi connectivity index (χ3v) is 8.00. The minimum atomic E-state index is -0.202. The van der Waals surface area contributed by atoms with Crippen molar-refractivity contribution in [2.45, 2.75) is 24.8 Å². The molecule has 3 heterocycles. The van der Waals surface area contributed by atoms with Gasteiger partial charge in [0.05, 0.1) is 17.1 Å². The summed E-state index contributed by atoms with van der Waals surface area (Å²) in [5, 5.41) is 8.03. The van der Waals surface area contributed by atoms with E-state index in [0.29, 0.717) is 6.42 Å². The zero-order valence-electron chi connectivity index (χ0n) is 17.9. The number of nitrogens with zero attached hydrogens (tertiary/aromatic N) is 2. The van der Waals surface area contributed by atoms with Gasteiger partial charge < -0.3 is 5.32 Å². The summed E-state index contributed by atoms with van der Waals surface area (Å²) in [5.41, 5.74) is 5.03. The number of carbonyl (C=O) groups excluding carboxylic acids is 1. The number of hydrogen-bond acceptors (Lipinski definition) is 4. The molecule has 0 amide bonds. The first-order valence-electron chi connectivity index (χ1n) is 11.3. The van der Waals surface area contributed by atoms with Gasteiger partial charge in [-0.3, -0.25) is 9.36 Å². The number of para-hydroxylation sites is 2. The Hall–Kier alpha value is -3.70. The molecule has 33 heavy (non-hydrogen) atoms. The number of anilines is 1. The summed E-state index contributed by atoms with van der Waals surface area (Å²) in [4.78, 5) is 20.0. The fourth-order valence-electron chi connectivity index (χ4n) is 5.53. The van der Waals surface area contributed by atoms with E-state index in [0.717, 1.165) is 40.2 Å². The van der Waals surface area contributed by atoms with Crippen molar-refractivity contribution in [2.75, 3.05) is 5.32 Å². The number of aromatic nitrogens is 2. The second-order valence-electron chi connectivity index (χ2n) is 8.83. The van der Waals surface area contributed by atoms with Crippen LogP contribution in [0.3, 0.4) is 0 Å². The highest BCUT2D eigenvalue weighted by Gasteiger charge is 2.40. The van der Waals surface area contributed by atoms with Crippen molar-refractivity contribution in [1.82, 2.24) is 9.55 Å². The molecule has 5 heteroatoms. The van der Waals surface area contributed by atoms with E-state index in [9.17, 15) is 4.79 Å². The molecule has 1 aliphatic carbocycles. The summed E-state index contributed by atoms with van der Waals surface area (Å²) < 4.78 is 2.22. The average molecular weight is 448 g/mol. The zero-order chi connectivity index (χ0) is 21.9. The minimum absolute atomic E-state index is 0.202. The number of allylic oxidation sites excluding steroid dienone is 2. The number of fused-ring (bicyclic) bond motifs is 4. The summed E-state index contributed by atoms with van der Waals surface area (Å²) in [6.07, 6.45) is 1.37. The Bertz CT molecular complexity index is 1570.